The van der Waals surface area contributed by atoms with Gasteiger partial charge in [-0.3, -0.25) is 0 Å². The molecule has 0 nitrogen and oxygen atoms in total. The van der Waals surface area contributed by atoms with Gasteiger partial charge < -0.3 is 0 Å². The van der Waals surface area contributed by atoms with Crippen molar-refractivity contribution >= 4 is 11.8 Å². The van der Waals surface area contributed by atoms with E-state index in [-0.39, 0.29) is 5.56 Å². The first-order valence-corrected chi connectivity index (χ1v) is 6.55. The van der Waals surface area contributed by atoms with E-state index < -0.39 is 11.7 Å². The highest BCUT2D eigenvalue weighted by Gasteiger charge is 2.33. The molecule has 0 atom stereocenters. The average molecular weight is 268 g/mol. The molecule has 0 saturated carbocycles. The fourth-order valence-corrected chi connectivity index (χ4v) is 2.19. The summed E-state index contributed by atoms with van der Waals surface area (Å²) < 4.78 is 39.1. The number of thioether (sulfide) groups is 1. The Labute approximate surface area is 108 Å². The summed E-state index contributed by atoms with van der Waals surface area (Å²) in [6.07, 6.45) is -2.57. The number of benzene rings is 2. The smallest absolute Gasteiger partial charge is 0.166 e. The highest BCUT2D eigenvalue weighted by Crippen LogP contribution is 2.38. The lowest BCUT2D eigenvalue weighted by atomic mass is 9.99. The van der Waals surface area contributed by atoms with Crippen molar-refractivity contribution in [3.05, 3.63) is 54.1 Å². The summed E-state index contributed by atoms with van der Waals surface area (Å²) in [5.74, 6) is 0. The number of hydrogen-bond donors (Lipinski definition) is 0. The maximum Gasteiger partial charge on any atom is 0.417 e. The molecule has 94 valence electrons. The van der Waals surface area contributed by atoms with Crippen LogP contribution in [0.2, 0.25) is 0 Å². The minimum Gasteiger partial charge on any atom is -0.166 e. The fourth-order valence-electron chi connectivity index (χ4n) is 1.75. The van der Waals surface area contributed by atoms with Crippen LogP contribution in [0.15, 0.2) is 53.4 Å². The largest absolute Gasteiger partial charge is 0.417 e. The van der Waals surface area contributed by atoms with E-state index in [0.29, 0.717) is 10.5 Å². The standard InChI is InChI=1S/C14H11F3S/c1-18-11-7-8-12(10-5-3-2-4-6-10)13(9-11)14(15,16)17/h2-9H,1H3. The van der Waals surface area contributed by atoms with Crippen LogP contribution >= 0.6 is 11.8 Å². The Morgan fingerprint density at radius 2 is 1.61 bits per heavy atom. The zero-order valence-electron chi connectivity index (χ0n) is 9.66. The Morgan fingerprint density at radius 3 is 2.17 bits per heavy atom. The van der Waals surface area contributed by atoms with E-state index in [0.717, 1.165) is 0 Å². The van der Waals surface area contributed by atoms with Crippen LogP contribution in [0.25, 0.3) is 11.1 Å². The molecule has 0 saturated heterocycles. The summed E-state index contributed by atoms with van der Waals surface area (Å²) in [5, 5.41) is 0. The third-order valence-corrected chi connectivity index (χ3v) is 3.34. The number of hydrogen-bond acceptors (Lipinski definition) is 1. The average Bonchev–Trinajstić information content (AvgIpc) is 2.38. The minimum absolute atomic E-state index is 0.223. The van der Waals surface area contributed by atoms with Crippen molar-refractivity contribution in [1.29, 1.82) is 0 Å². The molecule has 18 heavy (non-hydrogen) atoms. The van der Waals surface area contributed by atoms with Crippen molar-refractivity contribution in [1.82, 2.24) is 0 Å². The SMILES string of the molecule is CSc1ccc(-c2ccccc2)c(C(F)(F)F)c1. The molecule has 0 N–H and O–H groups in total. The summed E-state index contributed by atoms with van der Waals surface area (Å²) >= 11 is 1.30. The Morgan fingerprint density at radius 1 is 0.944 bits per heavy atom. The zero-order valence-corrected chi connectivity index (χ0v) is 10.5. The van der Waals surface area contributed by atoms with Crippen LogP contribution in [0, 0.1) is 0 Å². The molecule has 0 amide bonds. The van der Waals surface area contributed by atoms with Gasteiger partial charge in [-0.05, 0) is 29.5 Å². The van der Waals surface area contributed by atoms with Crippen LogP contribution in [-0.4, -0.2) is 6.26 Å². The number of rotatable bonds is 2. The van der Waals surface area contributed by atoms with Crippen LogP contribution in [0.5, 0.6) is 0 Å². The number of alkyl halides is 3. The van der Waals surface area contributed by atoms with Gasteiger partial charge in [0.25, 0.3) is 0 Å². The van der Waals surface area contributed by atoms with Gasteiger partial charge in [0.15, 0.2) is 0 Å². The van der Waals surface area contributed by atoms with Gasteiger partial charge in [-0.15, -0.1) is 11.8 Å². The molecule has 0 fully saturated rings. The van der Waals surface area contributed by atoms with Crippen molar-refractivity contribution in [2.45, 2.75) is 11.1 Å². The molecule has 2 rings (SSSR count). The molecule has 0 spiro atoms. The Balaban J connectivity index is 2.61. The topological polar surface area (TPSA) is 0 Å². The predicted octanol–water partition coefficient (Wildman–Crippen LogP) is 5.09. The molecule has 0 aliphatic heterocycles. The molecule has 0 aromatic heterocycles. The van der Waals surface area contributed by atoms with Gasteiger partial charge in [0.2, 0.25) is 0 Å². The van der Waals surface area contributed by atoms with Crippen LogP contribution in [-0.2, 0) is 6.18 Å². The second kappa shape index (κ2) is 5.06. The van der Waals surface area contributed by atoms with Crippen molar-refractivity contribution < 1.29 is 13.2 Å². The Bertz CT molecular complexity index is 532. The fraction of sp³-hybridized carbons (Fsp3) is 0.143. The quantitative estimate of drug-likeness (QED) is 0.683. The van der Waals surface area contributed by atoms with E-state index in [1.807, 2.05) is 0 Å². The maximum atomic E-state index is 13.0. The van der Waals surface area contributed by atoms with Gasteiger partial charge in [-0.2, -0.15) is 13.2 Å². The zero-order chi connectivity index (χ0) is 13.2. The molecule has 0 bridgehead atoms. The van der Waals surface area contributed by atoms with Gasteiger partial charge in [0.1, 0.15) is 0 Å². The van der Waals surface area contributed by atoms with Crippen molar-refractivity contribution in [3.8, 4) is 11.1 Å². The van der Waals surface area contributed by atoms with E-state index in [1.165, 1.54) is 23.9 Å². The lowest BCUT2D eigenvalue weighted by Crippen LogP contribution is -2.07. The first kappa shape index (κ1) is 13.0. The third-order valence-electron chi connectivity index (χ3n) is 2.62. The summed E-state index contributed by atoms with van der Waals surface area (Å²) in [7, 11) is 0. The minimum atomic E-state index is -4.34. The van der Waals surface area contributed by atoms with Gasteiger partial charge in [-0.1, -0.05) is 36.4 Å². The molecule has 4 heteroatoms. The molecular formula is C14H11F3S. The van der Waals surface area contributed by atoms with Gasteiger partial charge in [0, 0.05) is 4.90 Å². The van der Waals surface area contributed by atoms with Crippen LogP contribution in [0.4, 0.5) is 13.2 Å². The number of halogens is 3. The molecule has 0 radical (unpaired) electrons. The lowest BCUT2D eigenvalue weighted by Gasteiger charge is -2.14. The highest BCUT2D eigenvalue weighted by molar-refractivity contribution is 7.98. The molecular weight excluding hydrogens is 257 g/mol. The first-order chi connectivity index (χ1) is 8.52. The van der Waals surface area contributed by atoms with Gasteiger partial charge >= 0.3 is 6.18 Å². The molecule has 2 aromatic carbocycles. The van der Waals surface area contributed by atoms with Crippen molar-refractivity contribution in [3.63, 3.8) is 0 Å². The molecule has 0 heterocycles. The third kappa shape index (κ3) is 2.70. The summed E-state index contributed by atoms with van der Waals surface area (Å²) in [4.78, 5) is 0.613. The molecule has 0 aliphatic rings. The Hall–Kier alpha value is -1.42. The molecule has 2 aromatic rings. The lowest BCUT2D eigenvalue weighted by molar-refractivity contribution is -0.137. The van der Waals surface area contributed by atoms with Crippen molar-refractivity contribution in [2.24, 2.45) is 0 Å². The summed E-state index contributed by atoms with van der Waals surface area (Å²) in [6.45, 7) is 0. The first-order valence-electron chi connectivity index (χ1n) is 5.33. The van der Waals surface area contributed by atoms with E-state index in [4.69, 9.17) is 0 Å². The maximum absolute atomic E-state index is 13.0. The monoisotopic (exact) mass is 268 g/mol. The van der Waals surface area contributed by atoms with Gasteiger partial charge in [-0.25, -0.2) is 0 Å². The van der Waals surface area contributed by atoms with Crippen molar-refractivity contribution in [2.75, 3.05) is 6.26 Å². The molecule has 0 aliphatic carbocycles. The second-order valence-electron chi connectivity index (χ2n) is 3.78. The van der Waals surface area contributed by atoms with E-state index >= 15 is 0 Å². The normalized spacial score (nSPS) is 11.6. The van der Waals surface area contributed by atoms with Crippen LogP contribution in [0.1, 0.15) is 5.56 Å². The highest BCUT2D eigenvalue weighted by atomic mass is 32.2. The van der Waals surface area contributed by atoms with E-state index in [2.05, 4.69) is 0 Å². The van der Waals surface area contributed by atoms with Gasteiger partial charge in [0.05, 0.1) is 5.56 Å². The summed E-state index contributed by atoms with van der Waals surface area (Å²) in [6, 6.07) is 13.1. The molecule has 0 unspecified atom stereocenters. The summed E-state index contributed by atoms with van der Waals surface area (Å²) in [5.41, 5.74) is 0.221. The predicted molar refractivity (Wildman–Crippen MR) is 68.7 cm³/mol. The van der Waals surface area contributed by atoms with Crippen LogP contribution < -0.4 is 0 Å². The van der Waals surface area contributed by atoms with E-state index in [1.54, 1.807) is 42.7 Å². The second-order valence-corrected chi connectivity index (χ2v) is 4.65. The Kier molecular flexibility index (Phi) is 3.66. The van der Waals surface area contributed by atoms with E-state index in [9.17, 15) is 13.2 Å². The van der Waals surface area contributed by atoms with Crippen LogP contribution in [0.3, 0.4) is 0 Å².